The van der Waals surface area contributed by atoms with Crippen LogP contribution in [-0.2, 0) is 0 Å². The molecule has 0 fully saturated rings. The Hall–Kier alpha value is 1.28. The van der Waals surface area contributed by atoms with Gasteiger partial charge in [0, 0.05) is 0 Å². The van der Waals surface area contributed by atoms with E-state index in [0.29, 0.717) is 0 Å². The molecule has 9 heavy (non-hydrogen) atoms. The molecule has 0 aromatic carbocycles. The van der Waals surface area contributed by atoms with Gasteiger partial charge in [-0.15, -0.1) is 0 Å². The summed E-state index contributed by atoms with van der Waals surface area (Å²) in [4.78, 5) is 0. The van der Waals surface area contributed by atoms with Gasteiger partial charge in [0.2, 0.25) is 0 Å². The zero-order valence-electron chi connectivity index (χ0n) is 6.73. The van der Waals surface area contributed by atoms with Gasteiger partial charge in [-0.1, -0.05) is 26.6 Å². The molecule has 0 rings (SSSR count). The fraction of sp³-hybridized carbons (Fsp3) is 0.833. The molecule has 0 amide bonds. The van der Waals surface area contributed by atoms with Crippen molar-refractivity contribution in [2.24, 2.45) is 11.1 Å². The molecular weight excluding hydrogens is 186 g/mol. The Balaban J connectivity index is 0. The third kappa shape index (κ3) is 4.65. The van der Waals surface area contributed by atoms with E-state index in [1.165, 1.54) is 0 Å². The van der Waals surface area contributed by atoms with Crippen LogP contribution in [0.4, 0.5) is 0 Å². The van der Waals surface area contributed by atoms with Gasteiger partial charge in [0.05, 0.1) is 0 Å². The van der Waals surface area contributed by atoms with Crippen LogP contribution in [0.15, 0.2) is 0 Å². The molecule has 0 aromatic heterocycles. The topological polar surface area (TPSA) is 48.3 Å². The van der Waals surface area contributed by atoms with Crippen molar-refractivity contribution in [3.8, 4) is 0 Å². The Morgan fingerprint density at radius 1 is 1.56 bits per heavy atom. The first-order chi connectivity index (χ1) is 3.50. The molecule has 0 saturated heterocycles. The van der Waals surface area contributed by atoms with E-state index in [1.807, 2.05) is 20.8 Å². The van der Waals surface area contributed by atoms with Crippen molar-refractivity contribution in [3.63, 3.8) is 0 Å². The maximum Gasteiger partial charge on any atom is 1.00 e. The first-order valence-electron chi connectivity index (χ1n) is 2.82. The van der Waals surface area contributed by atoms with Gasteiger partial charge in [0.15, 0.2) is 0 Å². The minimum Gasteiger partial charge on any atom is -0.498 e. The summed E-state index contributed by atoms with van der Waals surface area (Å²) in [5.41, 5.74) is 4.94. The van der Waals surface area contributed by atoms with Gasteiger partial charge in [0.25, 0.3) is 0 Å². The van der Waals surface area contributed by atoms with Gasteiger partial charge in [-0.25, -0.2) is 0 Å². The van der Waals surface area contributed by atoms with Crippen molar-refractivity contribution >= 4 is 5.84 Å². The average molecular weight is 199 g/mol. The first kappa shape index (κ1) is 12.9. The molecule has 2 nitrogen and oxygen atoms in total. The van der Waals surface area contributed by atoms with E-state index < -0.39 is 0 Å². The van der Waals surface area contributed by atoms with Crippen molar-refractivity contribution in [1.82, 2.24) is 0 Å². The molecule has 0 spiro atoms. The molecule has 2 N–H and O–H groups in total. The van der Waals surface area contributed by atoms with Crippen molar-refractivity contribution in [3.05, 3.63) is 5.41 Å². The predicted molar refractivity (Wildman–Crippen MR) is 36.6 cm³/mol. The Labute approximate surface area is 106 Å². The van der Waals surface area contributed by atoms with Crippen LogP contribution in [0.5, 0.6) is 0 Å². The van der Waals surface area contributed by atoms with E-state index in [1.54, 1.807) is 0 Å². The second-order valence-corrected chi connectivity index (χ2v) is 2.62. The second kappa shape index (κ2) is 5.00. The molecule has 0 bridgehead atoms. The summed E-state index contributed by atoms with van der Waals surface area (Å²) in [6.45, 7) is 5.80. The number of nitrogens with two attached hydrogens (primary N) is 1. The average Bonchev–Trinajstić information content (AvgIpc) is 1.67. The van der Waals surface area contributed by atoms with Crippen molar-refractivity contribution in [1.29, 1.82) is 0 Å². The summed E-state index contributed by atoms with van der Waals surface area (Å²) in [7, 11) is 0. The van der Waals surface area contributed by atoms with Crippen LogP contribution in [-0.4, -0.2) is 5.84 Å². The van der Waals surface area contributed by atoms with Crippen molar-refractivity contribution < 1.29 is 58.2 Å². The smallest absolute Gasteiger partial charge is 0.498 e. The standard InChI is InChI=1S/C6H13N2.Rb/c1-4-6(2,3)5(7)8;/h4H2,1-3H3,(H2-,7,8);/q-1;+1. The van der Waals surface area contributed by atoms with Crippen molar-refractivity contribution in [2.75, 3.05) is 0 Å². The zero-order valence-corrected chi connectivity index (χ0v) is 11.6. The van der Waals surface area contributed by atoms with Crippen LogP contribution in [0.1, 0.15) is 27.2 Å². The van der Waals surface area contributed by atoms with E-state index in [9.17, 15) is 0 Å². The summed E-state index contributed by atoms with van der Waals surface area (Å²) in [6.07, 6.45) is 0.870. The number of hydrogen-bond acceptors (Lipinski definition) is 0. The Kier molecular flexibility index (Phi) is 7.17. The van der Waals surface area contributed by atoms with E-state index in [-0.39, 0.29) is 69.4 Å². The Bertz CT molecular complexity index is 99.2. The van der Waals surface area contributed by atoms with E-state index in [4.69, 9.17) is 11.1 Å². The van der Waals surface area contributed by atoms with E-state index >= 15 is 0 Å². The maximum atomic E-state index is 8.77. The molecule has 48 valence electrons. The molecule has 0 aliphatic rings. The third-order valence-electron chi connectivity index (χ3n) is 1.58. The van der Waals surface area contributed by atoms with E-state index in [2.05, 4.69) is 0 Å². The number of nitrogens with zero attached hydrogens (tertiary/aromatic N) is 1. The van der Waals surface area contributed by atoms with E-state index in [0.717, 1.165) is 6.42 Å². The molecule has 3 heteroatoms. The van der Waals surface area contributed by atoms with Crippen LogP contribution in [0.2, 0.25) is 0 Å². The Morgan fingerprint density at radius 2 is 1.89 bits per heavy atom. The van der Waals surface area contributed by atoms with Crippen LogP contribution >= 0.6 is 0 Å². The largest absolute Gasteiger partial charge is 1.00 e. The van der Waals surface area contributed by atoms with Gasteiger partial charge >= 0.3 is 58.2 Å². The first-order valence-corrected chi connectivity index (χ1v) is 2.82. The monoisotopic (exact) mass is 198 g/mol. The minimum absolute atomic E-state index is 0. The van der Waals surface area contributed by atoms with Gasteiger partial charge in [-0.3, -0.25) is 0 Å². The number of rotatable bonds is 2. The predicted octanol–water partition coefficient (Wildman–Crippen LogP) is -1.65. The molecule has 0 atom stereocenters. The quantitative estimate of drug-likeness (QED) is 0.420. The molecule has 0 saturated carbocycles. The van der Waals surface area contributed by atoms with Gasteiger partial charge in [0.1, 0.15) is 0 Å². The van der Waals surface area contributed by atoms with Crippen LogP contribution in [0.3, 0.4) is 0 Å². The Morgan fingerprint density at radius 3 is 1.89 bits per heavy atom. The molecular formula is C6H13N2Rb. The molecule has 0 heterocycles. The van der Waals surface area contributed by atoms with Gasteiger partial charge in [-0.05, 0) is 11.8 Å². The summed E-state index contributed by atoms with van der Waals surface area (Å²) < 4.78 is 0. The van der Waals surface area contributed by atoms with Crippen molar-refractivity contribution in [2.45, 2.75) is 27.2 Å². The molecule has 0 aliphatic heterocycles. The third-order valence-corrected chi connectivity index (χ3v) is 1.58. The van der Waals surface area contributed by atoms with Crippen LogP contribution in [0.25, 0.3) is 5.41 Å². The molecule has 0 unspecified atom stereocenters. The van der Waals surface area contributed by atoms with Crippen LogP contribution < -0.4 is 63.9 Å². The van der Waals surface area contributed by atoms with Gasteiger partial charge < -0.3 is 11.1 Å². The number of amidine groups is 1. The summed E-state index contributed by atoms with van der Waals surface area (Å²) in [5, 5.41) is 8.77. The minimum atomic E-state index is -0.208. The fourth-order valence-corrected chi connectivity index (χ4v) is 0.181. The molecule has 0 aliphatic carbocycles. The second-order valence-electron chi connectivity index (χ2n) is 2.62. The van der Waals surface area contributed by atoms with Gasteiger partial charge in [-0.2, -0.15) is 0 Å². The summed E-state index contributed by atoms with van der Waals surface area (Å²) >= 11 is 0. The normalized spacial score (nSPS) is 10.1. The fourth-order valence-electron chi connectivity index (χ4n) is 0.181. The SMILES string of the molecule is CCC(C)(C)C(=[N-])N.[Rb+]. The van der Waals surface area contributed by atoms with Crippen LogP contribution in [0, 0.1) is 5.41 Å². The number of hydrogen-bond donors (Lipinski definition) is 1. The summed E-state index contributed by atoms with van der Waals surface area (Å²) in [5.74, 6) is 0.0278. The zero-order chi connectivity index (χ0) is 6.78. The maximum absolute atomic E-state index is 8.77. The molecule has 0 radical (unpaired) electrons. The summed E-state index contributed by atoms with van der Waals surface area (Å²) in [6, 6.07) is 0. The molecule has 0 aromatic rings.